The van der Waals surface area contributed by atoms with Crippen molar-refractivity contribution in [1.82, 2.24) is 4.98 Å². The monoisotopic (exact) mass is 306 g/mol. The molecule has 1 aromatic heterocycles. The number of hydrogen-bond donors (Lipinski definition) is 0. The zero-order valence-electron chi connectivity index (χ0n) is 9.76. The summed E-state index contributed by atoms with van der Waals surface area (Å²) in [6.07, 6.45) is 3.66. The van der Waals surface area contributed by atoms with E-state index in [2.05, 4.69) is 20.9 Å². The quantitative estimate of drug-likeness (QED) is 0.635. The van der Waals surface area contributed by atoms with E-state index in [-0.39, 0.29) is 10.6 Å². The highest BCUT2D eigenvalue weighted by Crippen LogP contribution is 2.26. The number of pyridine rings is 1. The molecule has 0 aliphatic heterocycles. The minimum Gasteiger partial charge on any atom is -0.259 e. The minimum atomic E-state index is -0.350. The molecule has 0 saturated heterocycles. The largest absolute Gasteiger partial charge is 0.259 e. The van der Waals surface area contributed by atoms with Crippen molar-refractivity contribution in [3.05, 3.63) is 56.3 Å². The van der Waals surface area contributed by atoms with Gasteiger partial charge in [-0.2, -0.15) is 0 Å². The second kappa shape index (κ2) is 5.27. The van der Waals surface area contributed by atoms with E-state index in [0.29, 0.717) is 6.42 Å². The van der Waals surface area contributed by atoms with Crippen LogP contribution in [0.5, 0.6) is 0 Å². The molecule has 0 bridgehead atoms. The van der Waals surface area contributed by atoms with Crippen molar-refractivity contribution in [1.29, 1.82) is 0 Å². The van der Waals surface area contributed by atoms with Crippen LogP contribution in [-0.2, 0) is 0 Å². The fourth-order valence-electron chi connectivity index (χ4n) is 1.74. The van der Waals surface area contributed by atoms with E-state index in [0.717, 1.165) is 20.9 Å². The third-order valence-electron chi connectivity index (χ3n) is 2.67. The van der Waals surface area contributed by atoms with E-state index in [9.17, 15) is 10.1 Å². The predicted octanol–water partition coefficient (Wildman–Crippen LogP) is 4.02. The number of rotatable bonds is 3. The Balaban J connectivity index is 2.66. The van der Waals surface area contributed by atoms with Gasteiger partial charge in [0.15, 0.2) is 0 Å². The van der Waals surface area contributed by atoms with Gasteiger partial charge in [-0.05, 0) is 12.1 Å². The van der Waals surface area contributed by atoms with E-state index in [1.165, 1.54) is 0 Å². The standard InChI is InChI=1S/C13H11BrN2O2/c1-2-10(16(17)18)8-9-5-6-12(14)11-4-3-7-15-13(9)11/h3-8H,2H2,1H3/b10-8-. The highest BCUT2D eigenvalue weighted by Gasteiger charge is 2.10. The zero-order valence-corrected chi connectivity index (χ0v) is 11.3. The summed E-state index contributed by atoms with van der Waals surface area (Å²) < 4.78 is 0.932. The highest BCUT2D eigenvalue weighted by atomic mass is 79.9. The molecule has 0 amide bonds. The predicted molar refractivity (Wildman–Crippen MR) is 74.7 cm³/mol. The van der Waals surface area contributed by atoms with Gasteiger partial charge in [-0.25, -0.2) is 0 Å². The first-order valence-electron chi connectivity index (χ1n) is 5.51. The van der Waals surface area contributed by atoms with Gasteiger partial charge in [-0.15, -0.1) is 0 Å². The van der Waals surface area contributed by atoms with Crippen LogP contribution in [0, 0.1) is 10.1 Å². The fourth-order valence-corrected chi connectivity index (χ4v) is 2.19. The zero-order chi connectivity index (χ0) is 13.1. The van der Waals surface area contributed by atoms with Crippen molar-refractivity contribution in [2.24, 2.45) is 0 Å². The first-order chi connectivity index (χ1) is 8.63. The number of benzene rings is 1. The fraction of sp³-hybridized carbons (Fsp3) is 0.154. The smallest absolute Gasteiger partial charge is 0.246 e. The molecule has 0 aliphatic carbocycles. The van der Waals surface area contributed by atoms with E-state index < -0.39 is 0 Å². The van der Waals surface area contributed by atoms with Crippen molar-refractivity contribution in [3.63, 3.8) is 0 Å². The summed E-state index contributed by atoms with van der Waals surface area (Å²) in [5.41, 5.74) is 1.71. The Morgan fingerprint density at radius 1 is 1.50 bits per heavy atom. The Morgan fingerprint density at radius 3 is 2.94 bits per heavy atom. The minimum absolute atomic E-state index is 0.185. The van der Waals surface area contributed by atoms with Crippen molar-refractivity contribution in [2.75, 3.05) is 0 Å². The van der Waals surface area contributed by atoms with Gasteiger partial charge < -0.3 is 0 Å². The molecule has 2 rings (SSSR count). The number of nitro groups is 1. The molecule has 0 spiro atoms. The Kier molecular flexibility index (Phi) is 3.72. The van der Waals surface area contributed by atoms with Gasteiger partial charge in [0.25, 0.3) is 0 Å². The maximum Gasteiger partial charge on any atom is 0.246 e. The van der Waals surface area contributed by atoms with Crippen LogP contribution in [0.3, 0.4) is 0 Å². The van der Waals surface area contributed by atoms with E-state index in [4.69, 9.17) is 0 Å². The molecule has 4 nitrogen and oxygen atoms in total. The molecule has 0 atom stereocenters. The lowest BCUT2D eigenvalue weighted by atomic mass is 10.1. The average molecular weight is 307 g/mol. The number of hydrogen-bond acceptors (Lipinski definition) is 3. The lowest BCUT2D eigenvalue weighted by molar-refractivity contribution is -0.425. The lowest BCUT2D eigenvalue weighted by Gasteiger charge is -2.03. The molecule has 1 aromatic carbocycles. The third kappa shape index (κ3) is 2.41. The molecule has 2 aromatic rings. The van der Waals surface area contributed by atoms with Gasteiger partial charge in [-0.1, -0.05) is 35.0 Å². The molecule has 0 radical (unpaired) electrons. The normalized spacial score (nSPS) is 11.8. The van der Waals surface area contributed by atoms with Gasteiger partial charge in [0.1, 0.15) is 0 Å². The number of halogens is 1. The molecule has 0 aliphatic rings. The molecular weight excluding hydrogens is 296 g/mol. The molecule has 0 fully saturated rings. The summed E-state index contributed by atoms with van der Waals surface area (Å²) in [7, 11) is 0. The molecule has 92 valence electrons. The second-order valence-electron chi connectivity index (χ2n) is 3.78. The van der Waals surface area contributed by atoms with Crippen molar-refractivity contribution in [3.8, 4) is 0 Å². The first-order valence-corrected chi connectivity index (χ1v) is 6.31. The van der Waals surface area contributed by atoms with Crippen LogP contribution in [0.15, 0.2) is 40.6 Å². The SMILES string of the molecule is CC/C(=C/c1ccc(Br)c2cccnc12)[N+](=O)[O-]. The van der Waals surface area contributed by atoms with Crippen molar-refractivity contribution < 1.29 is 4.92 Å². The topological polar surface area (TPSA) is 56.0 Å². The molecule has 0 unspecified atom stereocenters. The first kappa shape index (κ1) is 12.7. The summed E-state index contributed by atoms with van der Waals surface area (Å²) in [6, 6.07) is 7.48. The maximum absolute atomic E-state index is 10.8. The summed E-state index contributed by atoms with van der Waals surface area (Å²) in [5, 5.41) is 11.8. The molecule has 5 heteroatoms. The maximum atomic E-state index is 10.8. The number of nitrogens with zero attached hydrogens (tertiary/aromatic N) is 2. The van der Waals surface area contributed by atoms with E-state index in [1.807, 2.05) is 24.3 Å². The second-order valence-corrected chi connectivity index (χ2v) is 4.64. The number of aromatic nitrogens is 1. The van der Waals surface area contributed by atoms with Gasteiger partial charge in [-0.3, -0.25) is 15.1 Å². The number of fused-ring (bicyclic) bond motifs is 1. The van der Waals surface area contributed by atoms with E-state index in [1.54, 1.807) is 19.2 Å². The molecule has 0 saturated carbocycles. The van der Waals surface area contributed by atoms with Crippen molar-refractivity contribution in [2.45, 2.75) is 13.3 Å². The Hall–Kier alpha value is -1.75. The van der Waals surface area contributed by atoms with E-state index >= 15 is 0 Å². The Morgan fingerprint density at radius 2 is 2.28 bits per heavy atom. The van der Waals surface area contributed by atoms with Gasteiger partial charge in [0, 0.05) is 34.1 Å². The Bertz CT molecular complexity index is 638. The van der Waals surface area contributed by atoms with Crippen LogP contribution >= 0.6 is 15.9 Å². The van der Waals surface area contributed by atoms with Crippen LogP contribution in [0.1, 0.15) is 18.9 Å². The molecule has 1 heterocycles. The summed E-state index contributed by atoms with van der Waals surface area (Å²) in [5.74, 6) is 0. The summed E-state index contributed by atoms with van der Waals surface area (Å²) >= 11 is 3.45. The third-order valence-corrected chi connectivity index (χ3v) is 3.36. The molecule has 0 N–H and O–H groups in total. The molecular formula is C13H11BrN2O2. The van der Waals surface area contributed by atoms with Crippen LogP contribution in [-0.4, -0.2) is 9.91 Å². The number of allylic oxidation sites excluding steroid dienone is 1. The Labute approximate surface area is 113 Å². The molecule has 18 heavy (non-hydrogen) atoms. The van der Waals surface area contributed by atoms with Crippen LogP contribution < -0.4 is 0 Å². The van der Waals surface area contributed by atoms with Crippen molar-refractivity contribution >= 4 is 32.9 Å². The van der Waals surface area contributed by atoms with Crippen LogP contribution in [0.25, 0.3) is 17.0 Å². The van der Waals surface area contributed by atoms with Gasteiger partial charge in [0.2, 0.25) is 5.70 Å². The van der Waals surface area contributed by atoms with Gasteiger partial charge >= 0.3 is 0 Å². The highest BCUT2D eigenvalue weighted by molar-refractivity contribution is 9.10. The summed E-state index contributed by atoms with van der Waals surface area (Å²) in [4.78, 5) is 14.8. The van der Waals surface area contributed by atoms with Crippen LogP contribution in [0.4, 0.5) is 0 Å². The summed E-state index contributed by atoms with van der Waals surface area (Å²) in [6.45, 7) is 1.77. The lowest BCUT2D eigenvalue weighted by Crippen LogP contribution is -1.97. The van der Waals surface area contributed by atoms with Crippen LogP contribution in [0.2, 0.25) is 0 Å². The average Bonchev–Trinajstić information content (AvgIpc) is 2.38. The van der Waals surface area contributed by atoms with Gasteiger partial charge in [0.05, 0.1) is 10.4 Å².